The summed E-state index contributed by atoms with van der Waals surface area (Å²) in [4.78, 5) is 6.95. The molecule has 1 aliphatic carbocycles. The van der Waals surface area contributed by atoms with Crippen LogP contribution in [-0.4, -0.2) is 39.0 Å². The summed E-state index contributed by atoms with van der Waals surface area (Å²) in [5.41, 5.74) is 2.40. The zero-order valence-corrected chi connectivity index (χ0v) is 18.1. The number of nitrogens with zero attached hydrogens (tertiary/aromatic N) is 5. The Morgan fingerprint density at radius 3 is 2.66 bits per heavy atom. The number of aliphatic imine (C=N–C) groups is 1. The van der Waals surface area contributed by atoms with Gasteiger partial charge in [-0.25, -0.2) is 0 Å². The van der Waals surface area contributed by atoms with Crippen molar-refractivity contribution in [3.05, 3.63) is 51.5 Å². The highest BCUT2D eigenvalue weighted by molar-refractivity contribution is 6.31. The Balaban J connectivity index is 1.40. The largest absolute Gasteiger partial charge is 0.295 e. The summed E-state index contributed by atoms with van der Waals surface area (Å²) in [6.45, 7) is 1.65. The fourth-order valence-electron chi connectivity index (χ4n) is 5.05. The monoisotopic (exact) mass is 429 g/mol. The van der Waals surface area contributed by atoms with Crippen LogP contribution < -0.4 is 0 Å². The van der Waals surface area contributed by atoms with Crippen molar-refractivity contribution in [2.45, 2.75) is 57.2 Å². The smallest absolute Gasteiger partial charge is 0.151 e. The number of rotatable bonds is 2. The molecule has 1 aromatic heterocycles. The predicted molar refractivity (Wildman–Crippen MR) is 117 cm³/mol. The highest BCUT2D eigenvalue weighted by Crippen LogP contribution is 2.40. The topological polar surface area (TPSA) is 46.3 Å². The maximum Gasteiger partial charge on any atom is 0.151 e. The molecule has 2 aliphatic heterocycles. The molecule has 152 valence electrons. The number of halogens is 2. The van der Waals surface area contributed by atoms with Crippen molar-refractivity contribution in [1.82, 2.24) is 19.7 Å². The zero-order chi connectivity index (χ0) is 20.0. The normalized spacial score (nSPS) is 27.1. The van der Waals surface area contributed by atoms with E-state index < -0.39 is 0 Å². The van der Waals surface area contributed by atoms with Crippen molar-refractivity contribution in [2.24, 2.45) is 10.9 Å². The minimum absolute atomic E-state index is 0.334. The lowest BCUT2D eigenvalue weighted by Crippen LogP contribution is -2.26. The number of hydrogen-bond acceptors (Lipinski definition) is 4. The van der Waals surface area contributed by atoms with Crippen LogP contribution in [0.25, 0.3) is 5.69 Å². The highest BCUT2D eigenvalue weighted by atomic mass is 35.5. The molecule has 1 saturated carbocycles. The van der Waals surface area contributed by atoms with E-state index in [4.69, 9.17) is 23.2 Å². The second-order valence-electron chi connectivity index (χ2n) is 8.55. The highest BCUT2D eigenvalue weighted by Gasteiger charge is 2.33. The van der Waals surface area contributed by atoms with Gasteiger partial charge >= 0.3 is 0 Å². The van der Waals surface area contributed by atoms with E-state index in [1.807, 2.05) is 18.4 Å². The first-order valence-electron chi connectivity index (χ1n) is 10.4. The number of benzene rings is 1. The van der Waals surface area contributed by atoms with Gasteiger partial charge in [-0.3, -0.25) is 14.5 Å². The van der Waals surface area contributed by atoms with Crippen molar-refractivity contribution >= 4 is 29.4 Å². The van der Waals surface area contributed by atoms with Crippen LogP contribution in [0, 0.1) is 5.92 Å². The molecule has 1 aromatic carbocycles. The van der Waals surface area contributed by atoms with Gasteiger partial charge in [0.2, 0.25) is 0 Å². The number of dihydropyridines is 1. The lowest BCUT2D eigenvalue weighted by molar-refractivity contribution is 0.276. The number of hydrogen-bond donors (Lipinski definition) is 0. The van der Waals surface area contributed by atoms with Crippen LogP contribution in [0.1, 0.15) is 55.2 Å². The molecule has 0 bridgehead atoms. The fraction of sp³-hybridized carbons (Fsp3) is 0.500. The van der Waals surface area contributed by atoms with E-state index in [0.717, 1.165) is 66.9 Å². The van der Waals surface area contributed by atoms with E-state index in [1.54, 1.807) is 0 Å². The molecule has 3 aliphatic rings. The van der Waals surface area contributed by atoms with Gasteiger partial charge in [0.25, 0.3) is 0 Å². The Labute approximate surface area is 181 Å². The second kappa shape index (κ2) is 7.86. The van der Waals surface area contributed by atoms with Gasteiger partial charge in [0, 0.05) is 35.2 Å². The maximum absolute atomic E-state index is 6.28. The summed E-state index contributed by atoms with van der Waals surface area (Å²) in [6, 6.07) is 6.49. The molecule has 5 rings (SSSR count). The third kappa shape index (κ3) is 3.76. The maximum atomic E-state index is 6.28. The quantitative estimate of drug-likeness (QED) is 0.666. The summed E-state index contributed by atoms with van der Waals surface area (Å²) in [5.74, 6) is 3.15. The van der Waals surface area contributed by atoms with Gasteiger partial charge in [-0.2, -0.15) is 0 Å². The van der Waals surface area contributed by atoms with Crippen LogP contribution in [0.2, 0.25) is 5.02 Å². The first kappa shape index (κ1) is 19.3. The van der Waals surface area contributed by atoms with E-state index in [0.29, 0.717) is 17.9 Å². The molecule has 7 heteroatoms. The van der Waals surface area contributed by atoms with Crippen LogP contribution in [0.5, 0.6) is 0 Å². The summed E-state index contributed by atoms with van der Waals surface area (Å²) in [5, 5.41) is 10.9. The van der Waals surface area contributed by atoms with Crippen LogP contribution in [0.15, 0.2) is 34.3 Å². The minimum Gasteiger partial charge on any atom is -0.295 e. The number of aromatic nitrogens is 3. The Bertz CT molecular complexity index is 972. The van der Waals surface area contributed by atoms with Crippen LogP contribution >= 0.6 is 23.2 Å². The van der Waals surface area contributed by atoms with Gasteiger partial charge < -0.3 is 0 Å². The molecular weight excluding hydrogens is 405 g/mol. The Kier molecular flexibility index (Phi) is 5.23. The molecule has 1 atom stereocenters. The predicted octanol–water partition coefficient (Wildman–Crippen LogP) is 5.11. The van der Waals surface area contributed by atoms with E-state index in [9.17, 15) is 0 Å². The first-order valence-corrected chi connectivity index (χ1v) is 11.1. The standard InChI is InChI=1S/C22H25Cl2N5/c1-28-12-16-10-17(23)6-7-20(16)29-21(13-28)26-27-22(29)15-4-2-14(3-5-15)19-11-18(24)8-9-25-19/h6-10,14-15,19H,2-5,11-13H2,1H3/t14-,15-,19?. The average Bonchev–Trinajstić information content (AvgIpc) is 3.05. The van der Waals surface area contributed by atoms with E-state index >= 15 is 0 Å². The van der Waals surface area contributed by atoms with Crippen molar-refractivity contribution < 1.29 is 0 Å². The fourth-order valence-corrected chi connectivity index (χ4v) is 5.46. The molecule has 1 fully saturated rings. The third-order valence-electron chi connectivity index (χ3n) is 6.51. The van der Waals surface area contributed by atoms with Crippen molar-refractivity contribution in [3.8, 4) is 5.69 Å². The Hall–Kier alpha value is -1.69. The summed E-state index contributed by atoms with van der Waals surface area (Å²) >= 11 is 12.5. The minimum atomic E-state index is 0.334. The molecule has 0 amide bonds. The van der Waals surface area contributed by atoms with Gasteiger partial charge in [0.1, 0.15) is 5.82 Å². The summed E-state index contributed by atoms with van der Waals surface area (Å²) in [7, 11) is 2.12. The SMILES string of the molecule is CN1Cc2cc(Cl)ccc2-n2c(nnc2[C@H]2CC[C@H](C3CC(Cl)=CC=N3)CC2)C1. The Morgan fingerprint density at radius 1 is 1.03 bits per heavy atom. The summed E-state index contributed by atoms with van der Waals surface area (Å²) < 4.78 is 2.29. The number of allylic oxidation sites excluding steroid dienone is 1. The van der Waals surface area contributed by atoms with Crippen molar-refractivity contribution in [1.29, 1.82) is 0 Å². The Morgan fingerprint density at radius 2 is 1.86 bits per heavy atom. The lowest BCUT2D eigenvalue weighted by Gasteiger charge is -2.32. The molecule has 5 nitrogen and oxygen atoms in total. The molecule has 29 heavy (non-hydrogen) atoms. The van der Waals surface area contributed by atoms with E-state index in [1.165, 1.54) is 11.3 Å². The molecular formula is C22H25Cl2N5. The number of fused-ring (bicyclic) bond motifs is 3. The van der Waals surface area contributed by atoms with Crippen LogP contribution in [0.4, 0.5) is 0 Å². The van der Waals surface area contributed by atoms with Gasteiger partial charge in [-0.15, -0.1) is 10.2 Å². The molecule has 2 aromatic rings. The lowest BCUT2D eigenvalue weighted by atomic mass is 9.77. The van der Waals surface area contributed by atoms with Crippen LogP contribution in [0.3, 0.4) is 0 Å². The van der Waals surface area contributed by atoms with E-state index in [2.05, 4.69) is 43.8 Å². The van der Waals surface area contributed by atoms with Gasteiger partial charge in [-0.05, 0) is 68.5 Å². The van der Waals surface area contributed by atoms with Crippen molar-refractivity contribution in [2.75, 3.05) is 7.05 Å². The molecule has 3 heterocycles. The van der Waals surface area contributed by atoms with Crippen molar-refractivity contribution in [3.63, 3.8) is 0 Å². The second-order valence-corrected chi connectivity index (χ2v) is 9.47. The third-order valence-corrected chi connectivity index (χ3v) is 7.02. The molecule has 0 spiro atoms. The zero-order valence-electron chi connectivity index (χ0n) is 16.6. The first-order chi connectivity index (χ1) is 14.1. The average molecular weight is 430 g/mol. The van der Waals surface area contributed by atoms with Crippen LogP contribution in [-0.2, 0) is 13.1 Å². The molecule has 0 saturated heterocycles. The summed E-state index contributed by atoms with van der Waals surface area (Å²) in [6.07, 6.45) is 9.23. The molecule has 1 unspecified atom stereocenters. The van der Waals surface area contributed by atoms with Gasteiger partial charge in [0.05, 0.1) is 18.3 Å². The van der Waals surface area contributed by atoms with E-state index in [-0.39, 0.29) is 0 Å². The van der Waals surface area contributed by atoms with Gasteiger partial charge in [-0.1, -0.05) is 23.2 Å². The molecule has 0 radical (unpaired) electrons. The van der Waals surface area contributed by atoms with Gasteiger partial charge in [0.15, 0.2) is 5.82 Å². The molecule has 0 N–H and O–H groups in total.